The number of rotatable bonds is 5. The molecule has 4 aromatic rings. The van der Waals surface area contributed by atoms with E-state index in [-0.39, 0.29) is 45.1 Å². The third kappa shape index (κ3) is 3.84. The van der Waals surface area contributed by atoms with Crippen molar-refractivity contribution in [3.8, 4) is 11.5 Å². The van der Waals surface area contributed by atoms with Crippen molar-refractivity contribution in [3.05, 3.63) is 40.5 Å². The zero-order valence-electron chi connectivity index (χ0n) is 19.0. The minimum atomic E-state index is -5.71. The first-order chi connectivity index (χ1) is 17.2. The number of nitrogens with two attached hydrogens (primary N) is 1. The number of halogens is 6. The number of hydrogen-bond acceptors (Lipinski definition) is 8. The summed E-state index contributed by atoms with van der Waals surface area (Å²) >= 11 is 6.03. The maximum absolute atomic E-state index is 13.6. The van der Waals surface area contributed by atoms with Gasteiger partial charge in [-0.3, -0.25) is 9.48 Å². The molecule has 0 spiro atoms. The van der Waals surface area contributed by atoms with Crippen molar-refractivity contribution in [1.29, 1.82) is 0 Å². The molecule has 37 heavy (non-hydrogen) atoms. The summed E-state index contributed by atoms with van der Waals surface area (Å²) in [6, 6.07) is 4.35. The second kappa shape index (κ2) is 8.06. The monoisotopic (exact) mass is 542 g/mol. The van der Waals surface area contributed by atoms with E-state index in [0.29, 0.717) is 11.2 Å². The number of alkyl halides is 5. The van der Waals surface area contributed by atoms with Crippen molar-refractivity contribution >= 4 is 40.0 Å². The van der Waals surface area contributed by atoms with Crippen LogP contribution in [-0.2, 0) is 16.8 Å². The van der Waals surface area contributed by atoms with Gasteiger partial charge in [0.2, 0.25) is 11.8 Å². The van der Waals surface area contributed by atoms with Crippen molar-refractivity contribution in [2.24, 2.45) is 0 Å². The second-order valence-corrected chi connectivity index (χ2v) is 9.00. The van der Waals surface area contributed by atoms with Gasteiger partial charge in [-0.2, -0.15) is 32.0 Å². The summed E-state index contributed by atoms with van der Waals surface area (Å²) in [5.74, 6) is -5.42. The summed E-state index contributed by atoms with van der Waals surface area (Å²) in [5.41, 5.74) is 5.12. The molecule has 1 amide bonds. The number of hydrogen-bond donors (Lipinski definition) is 2. The van der Waals surface area contributed by atoms with E-state index in [2.05, 4.69) is 30.5 Å². The van der Waals surface area contributed by atoms with Gasteiger partial charge in [0.1, 0.15) is 17.3 Å². The molecule has 1 unspecified atom stereocenters. The van der Waals surface area contributed by atoms with E-state index < -0.39 is 36.4 Å². The van der Waals surface area contributed by atoms with Gasteiger partial charge in [-0.05, 0) is 32.0 Å². The average Bonchev–Trinajstić information content (AvgIpc) is 3.46. The standard InChI is InChI=1S/C21H16ClF5N8O2/c1-8-29-18(37-34-8)19(2)12-14(28)30-16(31-15(12)32-17(19)36)13-10-4-3-9(22)7-11(10)35(33-13)6-5-20(23,24)21(25,26)27/h3-4,7H,5-6H2,1-2H3,(H3,28,30,31,32,36). The molecule has 5 rings (SSSR count). The number of amides is 1. The predicted octanol–water partition coefficient (Wildman–Crippen LogP) is 4.27. The predicted molar refractivity (Wildman–Crippen MR) is 120 cm³/mol. The second-order valence-electron chi connectivity index (χ2n) is 8.57. The van der Waals surface area contributed by atoms with Gasteiger partial charge in [0.05, 0.1) is 11.1 Å². The Bertz CT molecular complexity index is 1570. The number of carbonyl (C=O) groups excluding carboxylic acids is 1. The SMILES string of the molecule is Cc1noc(C2(C)C(=O)Nc3nc(-c4nn(CCC(F)(F)C(F)(F)F)c5cc(Cl)ccc45)nc(N)c32)n1. The topological polar surface area (TPSA) is 138 Å². The number of fused-ring (bicyclic) bond motifs is 2. The molecule has 1 aliphatic heterocycles. The fraction of sp³-hybridized carbons (Fsp3) is 0.333. The smallest absolute Gasteiger partial charge is 0.383 e. The van der Waals surface area contributed by atoms with Crippen LogP contribution in [0.1, 0.15) is 30.6 Å². The van der Waals surface area contributed by atoms with Gasteiger partial charge in [-0.1, -0.05) is 16.8 Å². The van der Waals surface area contributed by atoms with Crippen molar-refractivity contribution in [1.82, 2.24) is 29.9 Å². The van der Waals surface area contributed by atoms with Crippen LogP contribution >= 0.6 is 11.6 Å². The number of nitrogens with zero attached hydrogens (tertiary/aromatic N) is 6. The highest BCUT2D eigenvalue weighted by Gasteiger charge is 2.57. The van der Waals surface area contributed by atoms with Crippen molar-refractivity contribution < 1.29 is 31.3 Å². The summed E-state index contributed by atoms with van der Waals surface area (Å²) in [5, 5.41) is 11.0. The summed E-state index contributed by atoms with van der Waals surface area (Å²) in [4.78, 5) is 25.6. The normalized spacial score (nSPS) is 17.9. The molecule has 1 aromatic carbocycles. The minimum absolute atomic E-state index is 0.0285. The van der Waals surface area contributed by atoms with E-state index in [1.165, 1.54) is 25.1 Å². The maximum Gasteiger partial charge on any atom is 0.453 e. The molecule has 3 aromatic heterocycles. The van der Waals surface area contributed by atoms with Gasteiger partial charge in [0.25, 0.3) is 0 Å². The maximum atomic E-state index is 13.6. The molecule has 0 fully saturated rings. The Hall–Kier alpha value is -3.88. The molecule has 0 saturated heterocycles. The lowest BCUT2D eigenvalue weighted by atomic mass is 9.84. The summed E-state index contributed by atoms with van der Waals surface area (Å²) in [7, 11) is 0. The first-order valence-corrected chi connectivity index (χ1v) is 11.0. The van der Waals surface area contributed by atoms with Crippen molar-refractivity contribution in [2.45, 2.75) is 44.3 Å². The molecule has 0 saturated carbocycles. The molecule has 1 aliphatic rings. The zero-order chi connectivity index (χ0) is 26.9. The number of nitrogens with one attached hydrogen (secondary N) is 1. The molecule has 194 valence electrons. The Balaban J connectivity index is 1.60. The van der Waals surface area contributed by atoms with Crippen LogP contribution < -0.4 is 11.1 Å². The Kier molecular flexibility index (Phi) is 5.40. The lowest BCUT2D eigenvalue weighted by molar-refractivity contribution is -0.285. The summed E-state index contributed by atoms with van der Waals surface area (Å²) < 4.78 is 71.4. The molecule has 0 bridgehead atoms. The fourth-order valence-corrected chi connectivity index (χ4v) is 4.25. The van der Waals surface area contributed by atoms with Crippen molar-refractivity contribution in [2.75, 3.05) is 11.1 Å². The lowest BCUT2D eigenvalue weighted by Crippen LogP contribution is -2.37. The molecule has 4 heterocycles. The number of aryl methyl sites for hydroxylation is 2. The first kappa shape index (κ1) is 24.8. The van der Waals surface area contributed by atoms with Crippen LogP contribution in [-0.4, -0.2) is 47.9 Å². The highest BCUT2D eigenvalue weighted by atomic mass is 35.5. The van der Waals surface area contributed by atoms with E-state index in [9.17, 15) is 26.7 Å². The lowest BCUT2D eigenvalue weighted by Gasteiger charge is -2.19. The van der Waals surface area contributed by atoms with Gasteiger partial charge in [0, 0.05) is 23.4 Å². The van der Waals surface area contributed by atoms with E-state index in [1.54, 1.807) is 6.92 Å². The molecule has 0 radical (unpaired) electrons. The van der Waals surface area contributed by atoms with Crippen LogP contribution in [0.25, 0.3) is 22.4 Å². The van der Waals surface area contributed by atoms with E-state index in [1.807, 2.05) is 0 Å². The Morgan fingerprint density at radius 3 is 2.57 bits per heavy atom. The van der Waals surface area contributed by atoms with Gasteiger partial charge >= 0.3 is 12.1 Å². The zero-order valence-corrected chi connectivity index (χ0v) is 19.7. The average molecular weight is 543 g/mol. The highest BCUT2D eigenvalue weighted by Crippen LogP contribution is 2.45. The Morgan fingerprint density at radius 2 is 1.92 bits per heavy atom. The number of nitrogen functional groups attached to an aromatic ring is 1. The molecule has 0 aliphatic carbocycles. The summed E-state index contributed by atoms with van der Waals surface area (Å²) in [6.07, 6.45) is -7.26. The van der Waals surface area contributed by atoms with Crippen LogP contribution in [0.5, 0.6) is 0 Å². The van der Waals surface area contributed by atoms with Crippen molar-refractivity contribution in [3.63, 3.8) is 0 Å². The van der Waals surface area contributed by atoms with E-state index >= 15 is 0 Å². The van der Waals surface area contributed by atoms with Crippen LogP contribution in [0.15, 0.2) is 22.7 Å². The number of benzene rings is 1. The highest BCUT2D eigenvalue weighted by molar-refractivity contribution is 6.31. The van der Waals surface area contributed by atoms with Crippen LogP contribution in [0.2, 0.25) is 5.02 Å². The minimum Gasteiger partial charge on any atom is -0.383 e. The van der Waals surface area contributed by atoms with E-state index in [0.717, 1.165) is 4.68 Å². The molecule has 10 nitrogen and oxygen atoms in total. The Labute approximate surface area is 209 Å². The Morgan fingerprint density at radius 1 is 1.19 bits per heavy atom. The molecule has 3 N–H and O–H groups in total. The van der Waals surface area contributed by atoms with Crippen LogP contribution in [0.4, 0.5) is 33.6 Å². The van der Waals surface area contributed by atoms with E-state index in [4.69, 9.17) is 21.9 Å². The van der Waals surface area contributed by atoms with Gasteiger partial charge < -0.3 is 15.6 Å². The summed E-state index contributed by atoms with van der Waals surface area (Å²) in [6.45, 7) is 2.30. The fourth-order valence-electron chi connectivity index (χ4n) is 4.09. The number of anilines is 2. The molecular weight excluding hydrogens is 527 g/mol. The largest absolute Gasteiger partial charge is 0.453 e. The molecule has 1 atom stereocenters. The molecule has 16 heteroatoms. The first-order valence-electron chi connectivity index (χ1n) is 10.6. The third-order valence-corrected chi connectivity index (χ3v) is 6.29. The van der Waals surface area contributed by atoms with Gasteiger partial charge in [-0.15, -0.1) is 0 Å². The van der Waals surface area contributed by atoms with Crippen LogP contribution in [0, 0.1) is 6.92 Å². The third-order valence-electron chi connectivity index (χ3n) is 6.06. The number of carbonyl (C=O) groups is 1. The van der Waals surface area contributed by atoms with Gasteiger partial charge in [-0.25, -0.2) is 9.97 Å². The van der Waals surface area contributed by atoms with Gasteiger partial charge in [0.15, 0.2) is 17.1 Å². The number of aromatic nitrogens is 6. The molecular formula is C21H16ClF5N8O2. The quantitative estimate of drug-likeness (QED) is 0.357. The van der Waals surface area contributed by atoms with Crippen LogP contribution in [0.3, 0.4) is 0 Å².